The minimum Gasteiger partial charge on any atom is -0.380 e. The Morgan fingerprint density at radius 3 is 2.14 bits per heavy atom. The SMILES string of the molecule is C[Si](C)(C)c1ccc(CNc2ccc(Br)c(Cl)c2Cl)cc1. The van der Waals surface area contributed by atoms with E-state index in [-0.39, 0.29) is 0 Å². The fourth-order valence-corrected chi connectivity index (χ4v) is 3.99. The third kappa shape index (κ3) is 4.25. The van der Waals surface area contributed by atoms with Crippen LogP contribution >= 0.6 is 39.1 Å². The van der Waals surface area contributed by atoms with Crippen molar-refractivity contribution in [1.29, 1.82) is 0 Å². The predicted molar refractivity (Wildman–Crippen MR) is 101 cm³/mol. The van der Waals surface area contributed by atoms with E-state index in [0.717, 1.165) is 16.7 Å². The minimum absolute atomic E-state index is 0.538. The van der Waals surface area contributed by atoms with Crippen LogP contribution in [0, 0.1) is 0 Å². The molecule has 2 rings (SSSR count). The molecule has 0 aliphatic carbocycles. The molecule has 0 bridgehead atoms. The smallest absolute Gasteiger partial charge is 0.0835 e. The maximum atomic E-state index is 6.23. The Kier molecular flexibility index (Phi) is 5.42. The van der Waals surface area contributed by atoms with E-state index in [0.29, 0.717) is 10.0 Å². The molecule has 0 fully saturated rings. The Bertz CT molecular complexity index is 636. The van der Waals surface area contributed by atoms with Gasteiger partial charge in [0.05, 0.1) is 23.8 Å². The van der Waals surface area contributed by atoms with Gasteiger partial charge in [0, 0.05) is 11.0 Å². The van der Waals surface area contributed by atoms with Crippen molar-refractivity contribution in [3.8, 4) is 0 Å². The molecule has 0 aliphatic heterocycles. The standard InChI is InChI=1S/C16H18BrCl2NSi/c1-21(2,3)12-6-4-11(5-7-12)10-20-14-9-8-13(17)15(18)16(14)19/h4-9,20H,10H2,1-3H3. The first-order chi connectivity index (χ1) is 9.79. The number of benzene rings is 2. The molecule has 112 valence electrons. The summed E-state index contributed by atoms with van der Waals surface area (Å²) < 4.78 is 0.805. The van der Waals surface area contributed by atoms with Crippen LogP contribution in [0.15, 0.2) is 40.9 Å². The van der Waals surface area contributed by atoms with E-state index in [1.165, 1.54) is 10.8 Å². The third-order valence-electron chi connectivity index (χ3n) is 3.34. The van der Waals surface area contributed by atoms with E-state index in [4.69, 9.17) is 23.2 Å². The molecule has 1 nitrogen and oxygen atoms in total. The lowest BCUT2D eigenvalue weighted by atomic mass is 10.2. The van der Waals surface area contributed by atoms with Gasteiger partial charge in [-0.3, -0.25) is 0 Å². The highest BCUT2D eigenvalue weighted by Crippen LogP contribution is 2.35. The van der Waals surface area contributed by atoms with E-state index in [1.54, 1.807) is 0 Å². The molecule has 0 unspecified atom stereocenters. The van der Waals surface area contributed by atoms with Crippen LogP contribution in [-0.2, 0) is 6.54 Å². The van der Waals surface area contributed by atoms with E-state index in [1.807, 2.05) is 12.1 Å². The highest BCUT2D eigenvalue weighted by atomic mass is 79.9. The summed E-state index contributed by atoms with van der Waals surface area (Å²) in [5.74, 6) is 0. The van der Waals surface area contributed by atoms with Gasteiger partial charge in [-0.2, -0.15) is 0 Å². The molecule has 1 N–H and O–H groups in total. The summed E-state index contributed by atoms with van der Waals surface area (Å²) in [5.41, 5.74) is 2.08. The van der Waals surface area contributed by atoms with Crippen LogP contribution in [-0.4, -0.2) is 8.07 Å². The highest BCUT2D eigenvalue weighted by Gasteiger charge is 2.15. The van der Waals surface area contributed by atoms with Crippen LogP contribution in [0.3, 0.4) is 0 Å². The van der Waals surface area contributed by atoms with Gasteiger partial charge in [-0.1, -0.05) is 72.3 Å². The summed E-state index contributed by atoms with van der Waals surface area (Å²) in [7, 11) is -1.23. The largest absolute Gasteiger partial charge is 0.380 e. The molecule has 0 amide bonds. The molecule has 0 atom stereocenters. The van der Waals surface area contributed by atoms with Gasteiger partial charge in [-0.15, -0.1) is 0 Å². The first-order valence-corrected chi connectivity index (χ1v) is 11.8. The van der Waals surface area contributed by atoms with Crippen molar-refractivity contribution in [3.05, 3.63) is 56.5 Å². The average molecular weight is 403 g/mol. The van der Waals surface area contributed by atoms with Crippen LogP contribution in [0.5, 0.6) is 0 Å². The Balaban J connectivity index is 2.09. The lowest BCUT2D eigenvalue weighted by Crippen LogP contribution is -2.37. The summed E-state index contributed by atoms with van der Waals surface area (Å²) in [6.07, 6.45) is 0. The average Bonchev–Trinajstić information content (AvgIpc) is 2.43. The molecule has 0 spiro atoms. The zero-order chi connectivity index (χ0) is 15.6. The Hall–Kier alpha value is -0.483. The fraction of sp³-hybridized carbons (Fsp3) is 0.250. The lowest BCUT2D eigenvalue weighted by molar-refractivity contribution is 1.15. The predicted octanol–water partition coefficient (Wildman–Crippen LogP) is 5.91. The van der Waals surface area contributed by atoms with Crippen LogP contribution in [0.4, 0.5) is 5.69 Å². The summed E-state index contributed by atoms with van der Waals surface area (Å²) >= 11 is 15.7. The number of hydrogen-bond donors (Lipinski definition) is 1. The Morgan fingerprint density at radius 1 is 0.952 bits per heavy atom. The first kappa shape index (κ1) is 16.9. The molecule has 0 radical (unpaired) electrons. The highest BCUT2D eigenvalue weighted by molar-refractivity contribution is 9.10. The Morgan fingerprint density at radius 2 is 1.57 bits per heavy atom. The van der Waals surface area contributed by atoms with Gasteiger partial charge in [0.2, 0.25) is 0 Å². The minimum atomic E-state index is -1.23. The first-order valence-electron chi connectivity index (χ1n) is 6.76. The second-order valence-corrected chi connectivity index (χ2v) is 12.7. The molecule has 2 aromatic carbocycles. The van der Waals surface area contributed by atoms with Crippen molar-refractivity contribution >= 4 is 58.1 Å². The lowest BCUT2D eigenvalue weighted by Gasteiger charge is -2.17. The van der Waals surface area contributed by atoms with E-state index >= 15 is 0 Å². The fourth-order valence-electron chi connectivity index (χ4n) is 1.98. The maximum absolute atomic E-state index is 6.23. The molecule has 0 heterocycles. The van der Waals surface area contributed by atoms with Crippen LogP contribution in [0.2, 0.25) is 29.7 Å². The third-order valence-corrected chi connectivity index (χ3v) is 7.17. The number of halogens is 3. The second kappa shape index (κ2) is 6.74. The molecule has 0 aromatic heterocycles. The summed E-state index contributed by atoms with van der Waals surface area (Å²) in [6, 6.07) is 12.6. The van der Waals surface area contributed by atoms with Crippen molar-refractivity contribution < 1.29 is 0 Å². The molecule has 0 saturated carbocycles. The second-order valence-electron chi connectivity index (χ2n) is 6.02. The Labute approximate surface area is 145 Å². The van der Waals surface area contributed by atoms with E-state index in [9.17, 15) is 0 Å². The normalized spacial score (nSPS) is 11.5. The quantitative estimate of drug-likeness (QED) is 0.494. The summed E-state index contributed by atoms with van der Waals surface area (Å²) in [5, 5.41) is 5.88. The topological polar surface area (TPSA) is 12.0 Å². The van der Waals surface area contributed by atoms with Crippen molar-refractivity contribution in [3.63, 3.8) is 0 Å². The maximum Gasteiger partial charge on any atom is 0.0835 e. The van der Waals surface area contributed by atoms with Crippen LogP contribution in [0.1, 0.15) is 5.56 Å². The van der Waals surface area contributed by atoms with E-state index in [2.05, 4.69) is 65.2 Å². The zero-order valence-electron chi connectivity index (χ0n) is 12.3. The number of hydrogen-bond acceptors (Lipinski definition) is 1. The van der Waals surface area contributed by atoms with Gasteiger partial charge in [-0.05, 0) is 33.6 Å². The number of anilines is 1. The molecule has 5 heteroatoms. The van der Waals surface area contributed by atoms with Crippen molar-refractivity contribution in [2.24, 2.45) is 0 Å². The van der Waals surface area contributed by atoms with Gasteiger partial charge in [-0.25, -0.2) is 0 Å². The number of rotatable bonds is 4. The molecule has 0 aliphatic rings. The van der Waals surface area contributed by atoms with Gasteiger partial charge in [0.1, 0.15) is 0 Å². The molecular formula is C16H18BrCl2NSi. The van der Waals surface area contributed by atoms with E-state index < -0.39 is 8.07 Å². The van der Waals surface area contributed by atoms with Crippen LogP contribution in [0.25, 0.3) is 0 Å². The van der Waals surface area contributed by atoms with Crippen LogP contribution < -0.4 is 10.5 Å². The van der Waals surface area contributed by atoms with Gasteiger partial charge < -0.3 is 5.32 Å². The number of nitrogens with one attached hydrogen (secondary N) is 1. The molecular weight excluding hydrogens is 385 g/mol. The van der Waals surface area contributed by atoms with Gasteiger partial charge in [0.25, 0.3) is 0 Å². The van der Waals surface area contributed by atoms with Gasteiger partial charge >= 0.3 is 0 Å². The summed E-state index contributed by atoms with van der Waals surface area (Å²) in [6.45, 7) is 7.78. The van der Waals surface area contributed by atoms with Gasteiger partial charge in [0.15, 0.2) is 0 Å². The zero-order valence-corrected chi connectivity index (χ0v) is 16.4. The van der Waals surface area contributed by atoms with Crippen molar-refractivity contribution in [1.82, 2.24) is 0 Å². The monoisotopic (exact) mass is 401 g/mol. The molecule has 2 aromatic rings. The summed E-state index contributed by atoms with van der Waals surface area (Å²) in [4.78, 5) is 0. The molecule has 0 saturated heterocycles. The van der Waals surface area contributed by atoms with Crippen molar-refractivity contribution in [2.75, 3.05) is 5.32 Å². The van der Waals surface area contributed by atoms with Crippen molar-refractivity contribution in [2.45, 2.75) is 26.2 Å². The molecule has 21 heavy (non-hydrogen) atoms.